The second-order valence-corrected chi connectivity index (χ2v) is 5.05. The number of nitrogens with two attached hydrogens (primary N) is 1. The van der Waals surface area contributed by atoms with Crippen LogP contribution in [0.15, 0.2) is 24.3 Å². The molecule has 1 aliphatic heterocycles. The molecule has 1 aromatic rings. The van der Waals surface area contributed by atoms with Gasteiger partial charge >= 0.3 is 0 Å². The smallest absolute Gasteiger partial charge is 0.226 e. The first-order valence-electron chi connectivity index (χ1n) is 7.05. The summed E-state index contributed by atoms with van der Waals surface area (Å²) in [5, 5.41) is 2.81. The summed E-state index contributed by atoms with van der Waals surface area (Å²) in [5.74, 6) is 0.533. The summed E-state index contributed by atoms with van der Waals surface area (Å²) in [6, 6.07) is 7.10. The lowest BCUT2D eigenvalue weighted by atomic mass is 10.0. The number of amides is 1. The van der Waals surface area contributed by atoms with Crippen molar-refractivity contribution in [3.63, 3.8) is 0 Å². The molecule has 110 valence electrons. The van der Waals surface area contributed by atoms with Crippen LogP contribution in [0.1, 0.15) is 19.3 Å². The van der Waals surface area contributed by atoms with Crippen LogP contribution in [0.4, 0.5) is 11.4 Å². The van der Waals surface area contributed by atoms with Gasteiger partial charge in [0, 0.05) is 31.2 Å². The van der Waals surface area contributed by atoms with E-state index >= 15 is 0 Å². The van der Waals surface area contributed by atoms with E-state index in [-0.39, 0.29) is 5.91 Å². The first-order valence-corrected chi connectivity index (χ1v) is 7.05. The van der Waals surface area contributed by atoms with E-state index in [9.17, 15) is 4.79 Å². The van der Waals surface area contributed by atoms with Gasteiger partial charge in [-0.2, -0.15) is 0 Å². The predicted molar refractivity (Wildman–Crippen MR) is 78.5 cm³/mol. The fraction of sp³-hybridized carbons (Fsp3) is 0.533. The topological polar surface area (TPSA) is 73.6 Å². The molecule has 0 radical (unpaired) electrons. The van der Waals surface area contributed by atoms with Crippen LogP contribution in [0.3, 0.4) is 0 Å². The van der Waals surface area contributed by atoms with Crippen molar-refractivity contribution in [1.82, 2.24) is 0 Å². The Hall–Kier alpha value is -1.59. The highest BCUT2D eigenvalue weighted by Gasteiger charge is 2.13. The van der Waals surface area contributed by atoms with E-state index in [0.29, 0.717) is 24.6 Å². The molecule has 1 aliphatic rings. The molecule has 5 nitrogen and oxygen atoms in total. The number of carbonyl (C=O) groups excluding carboxylic acids is 1. The highest BCUT2D eigenvalue weighted by atomic mass is 16.5. The summed E-state index contributed by atoms with van der Waals surface area (Å²) in [6.45, 7) is 2.83. The molecule has 1 heterocycles. The quantitative estimate of drug-likeness (QED) is 0.617. The molecule has 5 heteroatoms. The van der Waals surface area contributed by atoms with Gasteiger partial charge in [0.2, 0.25) is 5.91 Å². The molecular formula is C15H22N2O3. The average Bonchev–Trinajstić information content (AvgIpc) is 2.47. The van der Waals surface area contributed by atoms with Crippen molar-refractivity contribution in [2.75, 3.05) is 37.5 Å². The second-order valence-electron chi connectivity index (χ2n) is 5.05. The third kappa shape index (κ3) is 5.19. The van der Waals surface area contributed by atoms with Gasteiger partial charge in [0.15, 0.2) is 0 Å². The van der Waals surface area contributed by atoms with Crippen LogP contribution < -0.4 is 11.1 Å². The van der Waals surface area contributed by atoms with E-state index in [2.05, 4.69) is 5.32 Å². The molecule has 0 bridgehead atoms. The summed E-state index contributed by atoms with van der Waals surface area (Å²) >= 11 is 0. The Morgan fingerprint density at radius 2 is 2.00 bits per heavy atom. The maximum absolute atomic E-state index is 11.7. The standard InChI is InChI=1S/C15H22N2O3/c16-13-1-3-14(4-2-13)17-15(18)7-10-20-11-12-5-8-19-9-6-12/h1-4,12H,5-11,16H2,(H,17,18). The number of hydrogen-bond acceptors (Lipinski definition) is 4. The molecule has 0 unspecified atom stereocenters. The Morgan fingerprint density at radius 1 is 1.30 bits per heavy atom. The van der Waals surface area contributed by atoms with Crippen molar-refractivity contribution in [2.45, 2.75) is 19.3 Å². The Bertz CT molecular complexity index is 414. The summed E-state index contributed by atoms with van der Waals surface area (Å²) in [4.78, 5) is 11.7. The van der Waals surface area contributed by atoms with E-state index in [4.69, 9.17) is 15.2 Å². The summed E-state index contributed by atoms with van der Waals surface area (Å²) in [5.41, 5.74) is 7.03. The molecule has 0 aromatic heterocycles. The number of nitrogen functional groups attached to an aromatic ring is 1. The van der Waals surface area contributed by atoms with Crippen molar-refractivity contribution in [3.05, 3.63) is 24.3 Å². The van der Waals surface area contributed by atoms with Crippen molar-refractivity contribution in [2.24, 2.45) is 5.92 Å². The fourth-order valence-corrected chi connectivity index (χ4v) is 2.12. The minimum Gasteiger partial charge on any atom is -0.399 e. The van der Waals surface area contributed by atoms with Gasteiger partial charge in [-0.1, -0.05) is 0 Å². The number of nitrogens with one attached hydrogen (secondary N) is 1. The molecule has 0 spiro atoms. The minimum atomic E-state index is -0.0400. The zero-order chi connectivity index (χ0) is 14.2. The maximum Gasteiger partial charge on any atom is 0.226 e. The summed E-state index contributed by atoms with van der Waals surface area (Å²) in [7, 11) is 0. The molecule has 0 atom stereocenters. The van der Waals surface area contributed by atoms with Crippen LogP contribution in [0.25, 0.3) is 0 Å². The van der Waals surface area contributed by atoms with Crippen LogP contribution in [-0.4, -0.2) is 32.3 Å². The Morgan fingerprint density at radius 3 is 2.70 bits per heavy atom. The van der Waals surface area contributed by atoms with Gasteiger partial charge in [-0.15, -0.1) is 0 Å². The van der Waals surface area contributed by atoms with Crippen LogP contribution in [-0.2, 0) is 14.3 Å². The first kappa shape index (κ1) is 14.8. The van der Waals surface area contributed by atoms with Crippen molar-refractivity contribution >= 4 is 17.3 Å². The lowest BCUT2D eigenvalue weighted by Gasteiger charge is -2.21. The van der Waals surface area contributed by atoms with E-state index < -0.39 is 0 Å². The van der Waals surface area contributed by atoms with E-state index in [0.717, 1.165) is 38.3 Å². The highest BCUT2D eigenvalue weighted by molar-refractivity contribution is 5.90. The van der Waals surface area contributed by atoms with E-state index in [1.807, 2.05) is 0 Å². The lowest BCUT2D eigenvalue weighted by Crippen LogP contribution is -2.21. The van der Waals surface area contributed by atoms with Crippen LogP contribution in [0, 0.1) is 5.92 Å². The zero-order valence-corrected chi connectivity index (χ0v) is 11.6. The van der Waals surface area contributed by atoms with Gasteiger partial charge < -0.3 is 20.5 Å². The minimum absolute atomic E-state index is 0.0400. The first-order chi connectivity index (χ1) is 9.74. The Balaban J connectivity index is 1.59. The highest BCUT2D eigenvalue weighted by Crippen LogP contribution is 2.15. The van der Waals surface area contributed by atoms with E-state index in [1.54, 1.807) is 24.3 Å². The van der Waals surface area contributed by atoms with Crippen molar-refractivity contribution in [1.29, 1.82) is 0 Å². The second kappa shape index (κ2) is 7.87. The van der Waals surface area contributed by atoms with Gasteiger partial charge in [0.1, 0.15) is 0 Å². The third-order valence-electron chi connectivity index (χ3n) is 3.36. The number of benzene rings is 1. The molecule has 0 aliphatic carbocycles. The Kier molecular flexibility index (Phi) is 5.83. The largest absolute Gasteiger partial charge is 0.399 e. The fourth-order valence-electron chi connectivity index (χ4n) is 2.12. The molecule has 0 saturated carbocycles. The third-order valence-corrected chi connectivity index (χ3v) is 3.36. The summed E-state index contributed by atoms with van der Waals surface area (Å²) in [6.07, 6.45) is 2.48. The van der Waals surface area contributed by atoms with Gasteiger partial charge in [-0.05, 0) is 43.0 Å². The van der Waals surface area contributed by atoms with Crippen molar-refractivity contribution in [3.8, 4) is 0 Å². The maximum atomic E-state index is 11.7. The molecule has 1 aromatic carbocycles. The monoisotopic (exact) mass is 278 g/mol. The predicted octanol–water partition coefficient (Wildman–Crippen LogP) is 2.04. The normalized spacial score (nSPS) is 16.0. The van der Waals surface area contributed by atoms with Gasteiger partial charge in [0.25, 0.3) is 0 Å². The number of carbonyl (C=O) groups is 1. The number of rotatable bonds is 6. The van der Waals surface area contributed by atoms with E-state index in [1.165, 1.54) is 0 Å². The van der Waals surface area contributed by atoms with Gasteiger partial charge in [0.05, 0.1) is 13.0 Å². The molecular weight excluding hydrogens is 256 g/mol. The van der Waals surface area contributed by atoms with Crippen LogP contribution in [0.2, 0.25) is 0 Å². The molecule has 1 amide bonds. The molecule has 1 fully saturated rings. The van der Waals surface area contributed by atoms with Crippen LogP contribution in [0.5, 0.6) is 0 Å². The number of hydrogen-bond donors (Lipinski definition) is 2. The van der Waals surface area contributed by atoms with Crippen LogP contribution >= 0.6 is 0 Å². The number of ether oxygens (including phenoxy) is 2. The SMILES string of the molecule is Nc1ccc(NC(=O)CCOCC2CCOCC2)cc1. The molecule has 2 rings (SSSR count). The average molecular weight is 278 g/mol. The summed E-state index contributed by atoms with van der Waals surface area (Å²) < 4.78 is 10.9. The molecule has 1 saturated heterocycles. The Labute approximate surface area is 119 Å². The lowest BCUT2D eigenvalue weighted by molar-refractivity contribution is -0.117. The molecule has 20 heavy (non-hydrogen) atoms. The van der Waals surface area contributed by atoms with Gasteiger partial charge in [-0.3, -0.25) is 4.79 Å². The van der Waals surface area contributed by atoms with Gasteiger partial charge in [-0.25, -0.2) is 0 Å². The molecule has 3 N–H and O–H groups in total. The number of anilines is 2. The van der Waals surface area contributed by atoms with Crippen molar-refractivity contribution < 1.29 is 14.3 Å². The zero-order valence-electron chi connectivity index (χ0n) is 11.6.